The number of rotatable bonds is 5. The van der Waals surface area contributed by atoms with Crippen LogP contribution in [0.25, 0.3) is 21.9 Å². The Morgan fingerprint density at radius 2 is 1.84 bits per heavy atom. The summed E-state index contributed by atoms with van der Waals surface area (Å²) in [6, 6.07) is 8.20. The van der Waals surface area contributed by atoms with Gasteiger partial charge in [-0.05, 0) is 61.7 Å². The molecule has 0 spiro atoms. The van der Waals surface area contributed by atoms with Crippen molar-refractivity contribution < 1.29 is 4.79 Å². The molecule has 5 rings (SSSR count). The monoisotopic (exact) mass is 432 g/mol. The zero-order valence-electron chi connectivity index (χ0n) is 18.8. The topological polar surface area (TPSA) is 77.1 Å². The third-order valence-electron chi connectivity index (χ3n) is 7.13. The first-order valence-electron chi connectivity index (χ1n) is 11.7. The predicted molar refractivity (Wildman–Crippen MR) is 127 cm³/mol. The molecule has 0 bridgehead atoms. The number of aromatic amines is 1. The fourth-order valence-corrected chi connectivity index (χ4v) is 5.03. The van der Waals surface area contributed by atoms with E-state index in [1.54, 1.807) is 0 Å². The summed E-state index contributed by atoms with van der Waals surface area (Å²) >= 11 is 0. The zero-order chi connectivity index (χ0) is 21.9. The first kappa shape index (κ1) is 21.1. The number of piperazine rings is 1. The molecular formula is C25H32N6O. The van der Waals surface area contributed by atoms with Crippen molar-refractivity contribution in [2.24, 2.45) is 11.8 Å². The molecule has 168 valence electrons. The normalized spacial score (nSPS) is 22.8. The molecule has 0 unspecified atom stereocenters. The van der Waals surface area contributed by atoms with E-state index in [2.05, 4.69) is 55.5 Å². The van der Waals surface area contributed by atoms with Gasteiger partial charge in [0.2, 0.25) is 5.91 Å². The maximum atomic E-state index is 12.9. The summed E-state index contributed by atoms with van der Waals surface area (Å²) in [5.41, 5.74) is 2.14. The molecule has 3 aromatic rings. The quantitative estimate of drug-likeness (QED) is 0.644. The number of likely N-dealkylation sites (N-methyl/N-ethyl adjacent to an activating group) is 1. The van der Waals surface area contributed by atoms with Gasteiger partial charge in [-0.1, -0.05) is 12.1 Å². The lowest BCUT2D eigenvalue weighted by Gasteiger charge is -2.36. The van der Waals surface area contributed by atoms with E-state index in [4.69, 9.17) is 0 Å². The number of hydrogen-bond acceptors (Lipinski definition) is 5. The van der Waals surface area contributed by atoms with Crippen molar-refractivity contribution in [2.45, 2.75) is 25.7 Å². The smallest absolute Gasteiger partial charge is 0.228 e. The first-order valence-corrected chi connectivity index (χ1v) is 11.7. The van der Waals surface area contributed by atoms with Crippen molar-refractivity contribution >= 4 is 22.5 Å². The summed E-state index contributed by atoms with van der Waals surface area (Å²) in [4.78, 5) is 22.4. The lowest BCUT2D eigenvalue weighted by molar-refractivity contribution is -0.121. The van der Waals surface area contributed by atoms with Crippen LogP contribution < -0.4 is 5.32 Å². The Balaban J connectivity index is 1.17. The molecule has 1 aliphatic carbocycles. The van der Waals surface area contributed by atoms with E-state index in [0.717, 1.165) is 53.5 Å². The van der Waals surface area contributed by atoms with Crippen LogP contribution >= 0.6 is 0 Å². The van der Waals surface area contributed by atoms with Crippen molar-refractivity contribution in [1.29, 1.82) is 0 Å². The molecule has 2 aliphatic rings. The van der Waals surface area contributed by atoms with Crippen molar-refractivity contribution in [3.8, 4) is 11.1 Å². The number of pyridine rings is 1. The Morgan fingerprint density at radius 3 is 2.59 bits per heavy atom. The second-order valence-electron chi connectivity index (χ2n) is 9.43. The number of benzene rings is 1. The second kappa shape index (κ2) is 9.38. The van der Waals surface area contributed by atoms with Crippen LogP contribution in [0.4, 0.5) is 5.82 Å². The summed E-state index contributed by atoms with van der Waals surface area (Å²) < 4.78 is 0. The molecule has 1 saturated carbocycles. The molecule has 32 heavy (non-hydrogen) atoms. The molecule has 2 fully saturated rings. The minimum atomic E-state index is 0.0912. The molecule has 3 heterocycles. The lowest BCUT2D eigenvalue weighted by atomic mass is 9.81. The molecule has 0 atom stereocenters. The Labute approximate surface area is 189 Å². The van der Waals surface area contributed by atoms with Crippen LogP contribution in [0, 0.1) is 11.8 Å². The van der Waals surface area contributed by atoms with Crippen LogP contribution in [0.15, 0.2) is 42.9 Å². The highest BCUT2D eigenvalue weighted by Crippen LogP contribution is 2.31. The second-order valence-corrected chi connectivity index (χ2v) is 9.43. The van der Waals surface area contributed by atoms with E-state index in [9.17, 15) is 4.79 Å². The molecular weight excluding hydrogens is 400 g/mol. The van der Waals surface area contributed by atoms with Gasteiger partial charge in [0, 0.05) is 62.0 Å². The number of anilines is 1. The van der Waals surface area contributed by atoms with Crippen LogP contribution in [0.2, 0.25) is 0 Å². The van der Waals surface area contributed by atoms with E-state index < -0.39 is 0 Å². The number of hydrogen-bond donors (Lipinski definition) is 2. The third-order valence-corrected chi connectivity index (χ3v) is 7.13. The molecule has 1 aromatic carbocycles. The lowest BCUT2D eigenvalue weighted by Crippen LogP contribution is -2.46. The van der Waals surface area contributed by atoms with Crippen molar-refractivity contribution in [2.75, 3.05) is 45.1 Å². The molecule has 1 amide bonds. The Bertz CT molecular complexity index is 1050. The van der Waals surface area contributed by atoms with Gasteiger partial charge in [0.15, 0.2) is 0 Å². The fraction of sp³-hybridized carbons (Fsp3) is 0.480. The molecule has 0 radical (unpaired) electrons. The molecule has 2 N–H and O–H groups in total. The standard InChI is InChI=1S/C25H32N6O/c1-30-8-10-31(11-9-30)17-18-2-4-19(5-3-18)25(32)29-24-13-22-12-20(23-15-27-28-16-23)6-7-21(22)14-26-24/h6-7,12-16,18-19H,2-5,8-11,17H2,1H3,(H,27,28)(H,26,29,32). The average molecular weight is 433 g/mol. The number of nitrogens with one attached hydrogen (secondary N) is 2. The van der Waals surface area contributed by atoms with Crippen LogP contribution in [0.3, 0.4) is 0 Å². The zero-order valence-corrected chi connectivity index (χ0v) is 18.8. The molecule has 2 aromatic heterocycles. The molecule has 1 saturated heterocycles. The highest BCUT2D eigenvalue weighted by molar-refractivity contribution is 5.95. The number of amides is 1. The van der Waals surface area contributed by atoms with Gasteiger partial charge in [-0.2, -0.15) is 5.10 Å². The van der Waals surface area contributed by atoms with E-state index in [0.29, 0.717) is 5.82 Å². The molecule has 1 aliphatic heterocycles. The van der Waals surface area contributed by atoms with Crippen LogP contribution in [-0.2, 0) is 4.79 Å². The van der Waals surface area contributed by atoms with Gasteiger partial charge in [-0.15, -0.1) is 0 Å². The van der Waals surface area contributed by atoms with Crippen molar-refractivity contribution in [1.82, 2.24) is 25.0 Å². The van der Waals surface area contributed by atoms with Crippen LogP contribution in [0.5, 0.6) is 0 Å². The SMILES string of the molecule is CN1CCN(CC2CCC(C(=O)Nc3cc4cc(-c5cn[nH]c5)ccc4cn3)CC2)CC1. The number of aromatic nitrogens is 3. The van der Waals surface area contributed by atoms with E-state index in [-0.39, 0.29) is 11.8 Å². The fourth-order valence-electron chi connectivity index (χ4n) is 5.03. The Kier molecular flexibility index (Phi) is 6.19. The summed E-state index contributed by atoms with van der Waals surface area (Å²) in [6.07, 6.45) is 9.76. The number of carbonyl (C=O) groups is 1. The highest BCUT2D eigenvalue weighted by atomic mass is 16.1. The van der Waals surface area contributed by atoms with E-state index in [1.807, 2.05) is 24.7 Å². The largest absolute Gasteiger partial charge is 0.310 e. The number of H-pyrrole nitrogens is 1. The van der Waals surface area contributed by atoms with Crippen LogP contribution in [-0.4, -0.2) is 70.7 Å². The summed E-state index contributed by atoms with van der Waals surface area (Å²) in [5, 5.41) is 12.1. The van der Waals surface area contributed by atoms with Gasteiger partial charge in [0.1, 0.15) is 5.82 Å². The Hall–Kier alpha value is -2.77. The first-order chi connectivity index (χ1) is 15.6. The van der Waals surface area contributed by atoms with Gasteiger partial charge in [-0.25, -0.2) is 4.98 Å². The Morgan fingerprint density at radius 1 is 1.03 bits per heavy atom. The molecule has 7 heteroatoms. The maximum absolute atomic E-state index is 12.9. The van der Waals surface area contributed by atoms with Gasteiger partial charge in [0.25, 0.3) is 0 Å². The summed E-state index contributed by atoms with van der Waals surface area (Å²) in [5.74, 6) is 1.56. The minimum absolute atomic E-state index is 0.0912. The minimum Gasteiger partial charge on any atom is -0.310 e. The van der Waals surface area contributed by atoms with E-state index in [1.165, 1.54) is 32.7 Å². The van der Waals surface area contributed by atoms with E-state index >= 15 is 0 Å². The number of carbonyl (C=O) groups excluding carboxylic acids is 1. The summed E-state index contributed by atoms with van der Waals surface area (Å²) in [7, 11) is 2.20. The molecule has 7 nitrogen and oxygen atoms in total. The van der Waals surface area contributed by atoms with Crippen LogP contribution in [0.1, 0.15) is 25.7 Å². The van der Waals surface area contributed by atoms with Gasteiger partial charge in [-0.3, -0.25) is 9.89 Å². The van der Waals surface area contributed by atoms with Gasteiger partial charge < -0.3 is 15.1 Å². The van der Waals surface area contributed by atoms with Crippen molar-refractivity contribution in [3.63, 3.8) is 0 Å². The predicted octanol–water partition coefficient (Wildman–Crippen LogP) is 3.62. The number of nitrogens with zero attached hydrogens (tertiary/aromatic N) is 4. The van der Waals surface area contributed by atoms with Gasteiger partial charge >= 0.3 is 0 Å². The summed E-state index contributed by atoms with van der Waals surface area (Å²) in [6.45, 7) is 5.87. The highest BCUT2D eigenvalue weighted by Gasteiger charge is 2.28. The van der Waals surface area contributed by atoms with Crippen molar-refractivity contribution in [3.05, 3.63) is 42.9 Å². The average Bonchev–Trinajstić information content (AvgIpc) is 3.36. The third kappa shape index (κ3) is 4.84. The maximum Gasteiger partial charge on any atom is 0.228 e. The van der Waals surface area contributed by atoms with Gasteiger partial charge in [0.05, 0.1) is 6.20 Å². The number of fused-ring (bicyclic) bond motifs is 1.